The Morgan fingerprint density at radius 3 is 2.55 bits per heavy atom. The Hall–Kier alpha value is -2.43. The maximum atomic E-state index is 5.81. The summed E-state index contributed by atoms with van der Waals surface area (Å²) in [5.74, 6) is 0.647. The zero-order valence-corrected chi connectivity index (χ0v) is 13.1. The van der Waals surface area contributed by atoms with Gasteiger partial charge in [-0.05, 0) is 31.7 Å². The molecule has 0 fully saturated rings. The Balaban J connectivity index is 2.05. The number of fused-ring (bicyclic) bond motifs is 1. The highest BCUT2D eigenvalue weighted by atomic mass is 16.6. The first-order valence-corrected chi connectivity index (χ1v) is 7.38. The van der Waals surface area contributed by atoms with E-state index in [9.17, 15) is 0 Å². The predicted octanol–water partition coefficient (Wildman–Crippen LogP) is 2.76. The molecular weight excluding hydrogens is 276 g/mol. The lowest BCUT2D eigenvalue weighted by molar-refractivity contribution is 0.212. The third kappa shape index (κ3) is 2.66. The van der Waals surface area contributed by atoms with E-state index in [1.807, 2.05) is 6.92 Å². The first-order valence-electron chi connectivity index (χ1n) is 7.38. The molecule has 22 heavy (non-hydrogen) atoms. The average Bonchev–Trinajstić information content (AvgIpc) is 2.47. The number of rotatable bonds is 2. The minimum Gasteiger partial charge on any atom is -0.399 e. The van der Waals surface area contributed by atoms with E-state index in [2.05, 4.69) is 46.3 Å². The van der Waals surface area contributed by atoms with Crippen LogP contribution in [0.3, 0.4) is 0 Å². The van der Waals surface area contributed by atoms with Crippen molar-refractivity contribution in [1.82, 2.24) is 9.97 Å². The van der Waals surface area contributed by atoms with Crippen molar-refractivity contribution in [3.05, 3.63) is 52.3 Å². The molecule has 1 aromatic heterocycles. The highest BCUT2D eigenvalue weighted by Gasteiger charge is 2.28. The molecule has 0 spiro atoms. The number of nitrogen functional groups attached to an aromatic ring is 1. The van der Waals surface area contributed by atoms with Crippen molar-refractivity contribution in [1.29, 1.82) is 0 Å². The fraction of sp³-hybridized carbons (Fsp3) is 0.353. The van der Waals surface area contributed by atoms with Crippen molar-refractivity contribution in [3.63, 3.8) is 0 Å². The second-order valence-electron chi connectivity index (χ2n) is 5.73. The van der Waals surface area contributed by atoms with Crippen LogP contribution in [-0.2, 0) is 11.3 Å². The maximum absolute atomic E-state index is 5.81. The average molecular weight is 296 g/mol. The maximum Gasteiger partial charge on any atom is 0.220 e. The molecule has 1 aliphatic rings. The monoisotopic (exact) mass is 296 g/mol. The standard InChI is InChI=1S/C17H20N4O/c1-10-4-6-12(7-5-10)13-8-14-16(15(9-13)21-22-3)11(2)19-17(18)20-14/h4-7,13H,8-9H2,1-3H3,(H2,18,19,20). The van der Waals surface area contributed by atoms with E-state index in [-0.39, 0.29) is 0 Å². The van der Waals surface area contributed by atoms with Crippen LogP contribution < -0.4 is 5.73 Å². The largest absolute Gasteiger partial charge is 0.399 e. The number of hydrogen-bond donors (Lipinski definition) is 1. The highest BCUT2D eigenvalue weighted by Crippen LogP contribution is 2.33. The number of anilines is 1. The summed E-state index contributed by atoms with van der Waals surface area (Å²) in [6.07, 6.45) is 1.66. The Kier molecular flexibility index (Phi) is 3.79. The van der Waals surface area contributed by atoms with Gasteiger partial charge in [-0.3, -0.25) is 0 Å². The molecule has 3 rings (SSSR count). The molecule has 1 heterocycles. The molecule has 5 heteroatoms. The summed E-state index contributed by atoms with van der Waals surface area (Å²) in [5, 5.41) is 4.20. The Bertz CT molecular complexity index is 722. The number of oxime groups is 1. The van der Waals surface area contributed by atoms with Crippen LogP contribution >= 0.6 is 0 Å². The molecule has 5 nitrogen and oxygen atoms in total. The van der Waals surface area contributed by atoms with Crippen molar-refractivity contribution >= 4 is 11.7 Å². The minimum absolute atomic E-state index is 0.317. The summed E-state index contributed by atoms with van der Waals surface area (Å²) in [6.45, 7) is 4.03. The molecule has 2 aromatic rings. The lowest BCUT2D eigenvalue weighted by Gasteiger charge is -2.26. The Morgan fingerprint density at radius 1 is 1.14 bits per heavy atom. The molecule has 2 N–H and O–H groups in total. The van der Waals surface area contributed by atoms with Crippen LogP contribution in [0.4, 0.5) is 5.95 Å². The first-order chi connectivity index (χ1) is 10.6. The van der Waals surface area contributed by atoms with Gasteiger partial charge in [-0.15, -0.1) is 0 Å². The summed E-state index contributed by atoms with van der Waals surface area (Å²) < 4.78 is 0. The minimum atomic E-state index is 0.317. The van der Waals surface area contributed by atoms with E-state index in [0.717, 1.165) is 35.5 Å². The smallest absolute Gasteiger partial charge is 0.220 e. The topological polar surface area (TPSA) is 73.4 Å². The summed E-state index contributed by atoms with van der Waals surface area (Å²) in [4.78, 5) is 13.7. The van der Waals surface area contributed by atoms with Crippen molar-refractivity contribution in [2.75, 3.05) is 12.8 Å². The summed E-state index contributed by atoms with van der Waals surface area (Å²) in [7, 11) is 1.57. The van der Waals surface area contributed by atoms with Crippen LogP contribution in [0.2, 0.25) is 0 Å². The van der Waals surface area contributed by atoms with E-state index in [1.54, 1.807) is 7.11 Å². The molecule has 114 valence electrons. The number of aryl methyl sites for hydroxylation is 2. The molecule has 0 radical (unpaired) electrons. The van der Waals surface area contributed by atoms with Crippen LogP contribution in [0.1, 0.15) is 40.4 Å². The van der Waals surface area contributed by atoms with E-state index < -0.39 is 0 Å². The molecule has 1 aliphatic carbocycles. The zero-order chi connectivity index (χ0) is 15.7. The van der Waals surface area contributed by atoms with Gasteiger partial charge >= 0.3 is 0 Å². The summed E-state index contributed by atoms with van der Waals surface area (Å²) in [6, 6.07) is 8.62. The van der Waals surface area contributed by atoms with Gasteiger partial charge < -0.3 is 10.6 Å². The van der Waals surface area contributed by atoms with Gasteiger partial charge in [0.2, 0.25) is 5.95 Å². The molecule has 1 unspecified atom stereocenters. The predicted molar refractivity (Wildman–Crippen MR) is 87.0 cm³/mol. The molecule has 0 aliphatic heterocycles. The van der Waals surface area contributed by atoms with E-state index >= 15 is 0 Å². The van der Waals surface area contributed by atoms with Crippen LogP contribution in [0, 0.1) is 13.8 Å². The van der Waals surface area contributed by atoms with E-state index in [0.29, 0.717) is 11.9 Å². The molecule has 0 bridgehead atoms. The SMILES string of the molecule is CON=C1CC(c2ccc(C)cc2)Cc2nc(N)nc(C)c21. The number of hydrogen-bond acceptors (Lipinski definition) is 5. The third-order valence-electron chi connectivity index (χ3n) is 4.10. The van der Waals surface area contributed by atoms with Crippen molar-refractivity contribution in [2.24, 2.45) is 5.16 Å². The van der Waals surface area contributed by atoms with Crippen LogP contribution in [0.25, 0.3) is 0 Å². The second kappa shape index (κ2) is 5.75. The van der Waals surface area contributed by atoms with Gasteiger partial charge in [0, 0.05) is 12.0 Å². The van der Waals surface area contributed by atoms with Gasteiger partial charge in [-0.2, -0.15) is 0 Å². The number of benzene rings is 1. The van der Waals surface area contributed by atoms with Gasteiger partial charge in [0.25, 0.3) is 0 Å². The molecule has 0 saturated heterocycles. The van der Waals surface area contributed by atoms with Gasteiger partial charge in [0.05, 0.1) is 17.1 Å². The summed E-state index contributed by atoms with van der Waals surface area (Å²) >= 11 is 0. The molecule has 1 aromatic carbocycles. The molecule has 0 amide bonds. The van der Waals surface area contributed by atoms with E-state index in [4.69, 9.17) is 10.6 Å². The molecule has 0 saturated carbocycles. The second-order valence-corrected chi connectivity index (χ2v) is 5.73. The van der Waals surface area contributed by atoms with Crippen LogP contribution in [0.15, 0.2) is 29.4 Å². The van der Waals surface area contributed by atoms with Gasteiger partial charge in [0.15, 0.2) is 0 Å². The Labute approximate surface area is 130 Å². The molecular formula is C17H20N4O. The molecule has 1 atom stereocenters. The zero-order valence-electron chi connectivity index (χ0n) is 13.1. The fourth-order valence-corrected chi connectivity index (χ4v) is 3.09. The van der Waals surface area contributed by atoms with Crippen molar-refractivity contribution in [3.8, 4) is 0 Å². The number of nitrogens with zero attached hydrogens (tertiary/aromatic N) is 3. The van der Waals surface area contributed by atoms with Gasteiger partial charge in [0.1, 0.15) is 7.11 Å². The lowest BCUT2D eigenvalue weighted by Crippen LogP contribution is -2.23. The fourth-order valence-electron chi connectivity index (χ4n) is 3.09. The number of aromatic nitrogens is 2. The third-order valence-corrected chi connectivity index (χ3v) is 4.10. The van der Waals surface area contributed by atoms with E-state index in [1.165, 1.54) is 11.1 Å². The van der Waals surface area contributed by atoms with Crippen molar-refractivity contribution in [2.45, 2.75) is 32.6 Å². The first kappa shape index (κ1) is 14.5. The van der Waals surface area contributed by atoms with Crippen LogP contribution in [0.5, 0.6) is 0 Å². The normalized spacial score (nSPS) is 19.0. The quantitative estimate of drug-likeness (QED) is 0.865. The van der Waals surface area contributed by atoms with Crippen LogP contribution in [-0.4, -0.2) is 22.8 Å². The number of nitrogens with two attached hydrogens (primary N) is 1. The van der Waals surface area contributed by atoms with Crippen molar-refractivity contribution < 1.29 is 4.84 Å². The highest BCUT2D eigenvalue weighted by molar-refractivity contribution is 6.03. The lowest BCUT2D eigenvalue weighted by atomic mass is 9.80. The van der Waals surface area contributed by atoms with Gasteiger partial charge in [-0.1, -0.05) is 35.0 Å². The summed E-state index contributed by atoms with van der Waals surface area (Å²) in [5.41, 5.74) is 12.1. The Morgan fingerprint density at radius 2 is 1.86 bits per heavy atom. The van der Waals surface area contributed by atoms with Gasteiger partial charge in [-0.25, -0.2) is 9.97 Å².